The molecule has 0 aliphatic carbocycles. The molecule has 0 fully saturated rings. The van der Waals surface area contributed by atoms with E-state index in [0.29, 0.717) is 24.7 Å². The fourth-order valence-electron chi connectivity index (χ4n) is 2.83. The van der Waals surface area contributed by atoms with Crippen LogP contribution in [0.1, 0.15) is 37.3 Å². The Morgan fingerprint density at radius 2 is 2.11 bits per heavy atom. The monoisotopic (exact) mass is 399 g/mol. The van der Waals surface area contributed by atoms with E-state index in [4.69, 9.17) is 9.26 Å². The number of hydrogen-bond acceptors (Lipinski definition) is 6. The van der Waals surface area contributed by atoms with E-state index in [1.54, 1.807) is 16.2 Å². The van der Waals surface area contributed by atoms with Gasteiger partial charge < -0.3 is 14.2 Å². The second-order valence-electron chi connectivity index (χ2n) is 6.63. The molecule has 7 heteroatoms. The molecule has 1 atom stereocenters. The number of nitrogens with zero attached hydrogens (tertiary/aromatic N) is 3. The fraction of sp³-hybridized carbons (Fsp3) is 0.381. The van der Waals surface area contributed by atoms with Crippen molar-refractivity contribution >= 4 is 17.2 Å². The number of likely N-dealkylation sites (N-methyl/N-ethyl adjacent to an activating group) is 1. The van der Waals surface area contributed by atoms with Crippen molar-refractivity contribution in [2.24, 2.45) is 0 Å². The fourth-order valence-corrected chi connectivity index (χ4v) is 3.48. The summed E-state index contributed by atoms with van der Waals surface area (Å²) in [5.74, 6) is 1.63. The number of hydrogen-bond donors (Lipinski definition) is 0. The molecule has 0 radical (unpaired) electrons. The SMILES string of the molecule is CCC(Oc1cc(C)ccc1C)C(=O)N(CC)Cc1nc(-c2cccs2)no1. The molecule has 2 aromatic heterocycles. The predicted molar refractivity (Wildman–Crippen MR) is 109 cm³/mol. The molecule has 28 heavy (non-hydrogen) atoms. The van der Waals surface area contributed by atoms with Gasteiger partial charge in [0.2, 0.25) is 11.7 Å². The van der Waals surface area contributed by atoms with Gasteiger partial charge in [-0.05, 0) is 55.8 Å². The van der Waals surface area contributed by atoms with Crippen LogP contribution in [0.4, 0.5) is 0 Å². The van der Waals surface area contributed by atoms with Crippen LogP contribution in [0, 0.1) is 13.8 Å². The van der Waals surface area contributed by atoms with Crippen LogP contribution < -0.4 is 4.74 Å². The lowest BCUT2D eigenvalue weighted by Crippen LogP contribution is -2.41. The summed E-state index contributed by atoms with van der Waals surface area (Å²) in [6.45, 7) is 8.66. The molecular weight excluding hydrogens is 374 g/mol. The van der Waals surface area contributed by atoms with Crippen molar-refractivity contribution in [2.45, 2.75) is 46.8 Å². The van der Waals surface area contributed by atoms with Gasteiger partial charge in [-0.1, -0.05) is 30.3 Å². The second kappa shape index (κ2) is 9.01. The molecule has 0 aliphatic heterocycles. The molecule has 148 valence electrons. The van der Waals surface area contributed by atoms with E-state index in [0.717, 1.165) is 21.8 Å². The molecule has 1 aromatic carbocycles. The molecule has 0 saturated carbocycles. The summed E-state index contributed by atoms with van der Waals surface area (Å²) in [4.78, 5) is 20.1. The summed E-state index contributed by atoms with van der Waals surface area (Å²) in [5, 5.41) is 5.98. The average molecular weight is 400 g/mol. The minimum absolute atomic E-state index is 0.0817. The molecule has 1 unspecified atom stereocenters. The van der Waals surface area contributed by atoms with Gasteiger partial charge in [0.1, 0.15) is 12.3 Å². The van der Waals surface area contributed by atoms with E-state index < -0.39 is 6.10 Å². The van der Waals surface area contributed by atoms with Gasteiger partial charge >= 0.3 is 0 Å². The second-order valence-corrected chi connectivity index (χ2v) is 7.57. The highest BCUT2D eigenvalue weighted by atomic mass is 32.1. The third kappa shape index (κ3) is 4.59. The van der Waals surface area contributed by atoms with E-state index in [2.05, 4.69) is 10.1 Å². The van der Waals surface area contributed by atoms with Crippen LogP contribution in [0.15, 0.2) is 40.2 Å². The molecule has 0 spiro atoms. The van der Waals surface area contributed by atoms with Crippen LogP contribution in [0.25, 0.3) is 10.7 Å². The molecular formula is C21H25N3O3S. The van der Waals surface area contributed by atoms with Gasteiger partial charge in [0.25, 0.3) is 5.91 Å². The summed E-state index contributed by atoms with van der Waals surface area (Å²) >= 11 is 1.55. The van der Waals surface area contributed by atoms with Gasteiger partial charge in [-0.15, -0.1) is 11.3 Å². The predicted octanol–water partition coefficient (Wildman–Crippen LogP) is 4.62. The maximum absolute atomic E-state index is 13.1. The van der Waals surface area contributed by atoms with Crippen molar-refractivity contribution in [3.05, 3.63) is 52.7 Å². The zero-order valence-corrected chi connectivity index (χ0v) is 17.5. The minimum Gasteiger partial charge on any atom is -0.480 e. The smallest absolute Gasteiger partial charge is 0.264 e. The quantitative estimate of drug-likeness (QED) is 0.553. The first kappa shape index (κ1) is 20.1. The van der Waals surface area contributed by atoms with Gasteiger partial charge in [0.05, 0.1) is 4.88 Å². The lowest BCUT2D eigenvalue weighted by molar-refractivity contribution is -0.139. The molecule has 0 bridgehead atoms. The van der Waals surface area contributed by atoms with E-state index >= 15 is 0 Å². The number of benzene rings is 1. The molecule has 0 N–H and O–H groups in total. The van der Waals surface area contributed by atoms with Gasteiger partial charge in [-0.2, -0.15) is 4.98 Å². The third-order valence-corrected chi connectivity index (χ3v) is 5.35. The number of ether oxygens (including phenoxy) is 1. The zero-order chi connectivity index (χ0) is 20.1. The number of amides is 1. The van der Waals surface area contributed by atoms with Crippen molar-refractivity contribution in [1.82, 2.24) is 15.0 Å². The van der Waals surface area contributed by atoms with Crippen LogP contribution >= 0.6 is 11.3 Å². The van der Waals surface area contributed by atoms with Crippen LogP contribution in [-0.2, 0) is 11.3 Å². The summed E-state index contributed by atoms with van der Waals surface area (Å²) in [6.07, 6.45) is 0.0210. The van der Waals surface area contributed by atoms with Gasteiger partial charge in [0, 0.05) is 6.54 Å². The standard InChI is InChI=1S/C21H25N3O3S/c1-5-16(26-17-12-14(3)9-10-15(17)4)21(25)24(6-2)13-19-22-20(23-27-19)18-8-7-11-28-18/h7-12,16H,5-6,13H2,1-4H3. The van der Waals surface area contributed by atoms with E-state index in [1.165, 1.54) is 0 Å². The number of thiophene rings is 1. The maximum atomic E-state index is 13.1. The highest BCUT2D eigenvalue weighted by Crippen LogP contribution is 2.23. The molecule has 0 saturated heterocycles. The highest BCUT2D eigenvalue weighted by Gasteiger charge is 2.26. The van der Waals surface area contributed by atoms with Crippen molar-refractivity contribution < 1.29 is 14.1 Å². The normalized spacial score (nSPS) is 12.0. The molecule has 1 amide bonds. The average Bonchev–Trinajstić information content (AvgIpc) is 3.37. The Labute approximate surface area is 169 Å². The summed E-state index contributed by atoms with van der Waals surface area (Å²) < 4.78 is 11.4. The zero-order valence-electron chi connectivity index (χ0n) is 16.6. The van der Waals surface area contributed by atoms with E-state index in [-0.39, 0.29) is 12.5 Å². The Bertz CT molecular complexity index is 921. The van der Waals surface area contributed by atoms with Crippen molar-refractivity contribution in [3.8, 4) is 16.5 Å². The van der Waals surface area contributed by atoms with Crippen molar-refractivity contribution in [2.75, 3.05) is 6.54 Å². The number of carbonyl (C=O) groups is 1. The van der Waals surface area contributed by atoms with Crippen molar-refractivity contribution in [3.63, 3.8) is 0 Å². The van der Waals surface area contributed by atoms with Gasteiger partial charge in [0.15, 0.2) is 6.10 Å². The molecule has 3 aromatic rings. The number of aromatic nitrogens is 2. The van der Waals surface area contributed by atoms with Gasteiger partial charge in [-0.25, -0.2) is 0 Å². The van der Waals surface area contributed by atoms with Gasteiger partial charge in [-0.3, -0.25) is 4.79 Å². The van der Waals surface area contributed by atoms with Crippen LogP contribution in [-0.4, -0.2) is 33.6 Å². The number of aryl methyl sites for hydroxylation is 2. The first-order valence-corrected chi connectivity index (χ1v) is 10.3. The lowest BCUT2D eigenvalue weighted by Gasteiger charge is -2.25. The minimum atomic E-state index is -0.555. The Kier molecular flexibility index (Phi) is 6.46. The summed E-state index contributed by atoms with van der Waals surface area (Å²) in [5.41, 5.74) is 2.11. The Balaban J connectivity index is 1.71. The van der Waals surface area contributed by atoms with Crippen LogP contribution in [0.2, 0.25) is 0 Å². The summed E-state index contributed by atoms with van der Waals surface area (Å²) in [7, 11) is 0. The van der Waals surface area contributed by atoms with E-state index in [9.17, 15) is 4.79 Å². The lowest BCUT2D eigenvalue weighted by atomic mass is 10.1. The highest BCUT2D eigenvalue weighted by molar-refractivity contribution is 7.13. The molecule has 3 rings (SSSR count). The number of carbonyl (C=O) groups excluding carboxylic acids is 1. The van der Waals surface area contributed by atoms with Crippen molar-refractivity contribution in [1.29, 1.82) is 0 Å². The number of rotatable bonds is 8. The maximum Gasteiger partial charge on any atom is 0.264 e. The Morgan fingerprint density at radius 3 is 2.79 bits per heavy atom. The Morgan fingerprint density at radius 1 is 1.29 bits per heavy atom. The third-order valence-electron chi connectivity index (χ3n) is 4.49. The molecule has 0 aliphatic rings. The van der Waals surface area contributed by atoms with E-state index in [1.807, 2.05) is 63.4 Å². The topological polar surface area (TPSA) is 68.5 Å². The largest absolute Gasteiger partial charge is 0.480 e. The van der Waals surface area contributed by atoms with Crippen LogP contribution in [0.3, 0.4) is 0 Å². The molecule has 2 heterocycles. The Hall–Kier alpha value is -2.67. The first-order valence-electron chi connectivity index (χ1n) is 9.41. The molecule has 6 nitrogen and oxygen atoms in total. The summed E-state index contributed by atoms with van der Waals surface area (Å²) in [6, 6.07) is 9.88. The van der Waals surface area contributed by atoms with Crippen LogP contribution in [0.5, 0.6) is 5.75 Å². The first-order chi connectivity index (χ1) is 13.5.